The van der Waals surface area contributed by atoms with Gasteiger partial charge in [0.25, 0.3) is 0 Å². The van der Waals surface area contributed by atoms with Crippen LogP contribution in [0.2, 0.25) is 0 Å². The van der Waals surface area contributed by atoms with Crippen LogP contribution in [0.4, 0.5) is 0 Å². The monoisotopic (exact) mass is 383 g/mol. The lowest BCUT2D eigenvalue weighted by Gasteiger charge is -2.18. The van der Waals surface area contributed by atoms with Crippen molar-refractivity contribution >= 4 is 26.0 Å². The molecule has 2 heterocycles. The van der Waals surface area contributed by atoms with Crippen LogP contribution >= 0.6 is 15.0 Å². The van der Waals surface area contributed by atoms with Crippen molar-refractivity contribution in [1.82, 2.24) is 15.0 Å². The number of hydrogen-bond acceptors (Lipinski definition) is 4. The zero-order chi connectivity index (χ0) is 18.2. The third-order valence-electron chi connectivity index (χ3n) is 3.79. The Morgan fingerprint density at radius 1 is 1.12 bits per heavy atom. The van der Waals surface area contributed by atoms with Gasteiger partial charge in [-0.3, -0.25) is 9.13 Å². The number of pyridine rings is 1. The summed E-state index contributed by atoms with van der Waals surface area (Å²) in [6.45, 7) is 0.681. The first-order chi connectivity index (χ1) is 11.7. The molecule has 25 heavy (non-hydrogen) atoms. The summed E-state index contributed by atoms with van der Waals surface area (Å²) >= 11 is 0. The predicted molar refractivity (Wildman–Crippen MR) is 90.6 cm³/mol. The number of aromatic nitrogens is 4. The molecule has 0 saturated heterocycles. The van der Waals surface area contributed by atoms with Crippen LogP contribution in [0.25, 0.3) is 16.7 Å². The molecule has 3 aromatic rings. The topological polar surface area (TPSA) is 129 Å². The fourth-order valence-corrected chi connectivity index (χ4v) is 5.62. The number of hydrogen-bond donors (Lipinski definition) is 3. The van der Waals surface area contributed by atoms with Gasteiger partial charge in [-0.1, -0.05) is 17.3 Å². The maximum Gasteiger partial charge on any atom is 0.344 e. The molecule has 0 spiro atoms. The van der Waals surface area contributed by atoms with Gasteiger partial charge in [0, 0.05) is 18.8 Å². The molecule has 0 fully saturated rings. The summed E-state index contributed by atoms with van der Waals surface area (Å²) in [4.78, 5) is 28.3. The molecule has 0 bridgehead atoms. The first-order valence-electron chi connectivity index (χ1n) is 7.31. The first-order valence-corrected chi connectivity index (χ1v) is 11.2. The normalized spacial score (nSPS) is 15.8. The van der Waals surface area contributed by atoms with Crippen molar-refractivity contribution in [1.29, 1.82) is 0 Å². The largest absolute Gasteiger partial charge is 0.344 e. The van der Waals surface area contributed by atoms with Crippen molar-refractivity contribution in [3.05, 3.63) is 48.8 Å². The Labute approximate surface area is 143 Å². The molecule has 3 rings (SSSR count). The van der Waals surface area contributed by atoms with Crippen LogP contribution in [-0.2, 0) is 15.7 Å². The molecule has 0 amide bonds. The van der Waals surface area contributed by atoms with Crippen LogP contribution in [0.3, 0.4) is 0 Å². The lowest BCUT2D eigenvalue weighted by atomic mass is 10.3. The molecule has 11 heteroatoms. The van der Waals surface area contributed by atoms with E-state index in [1.54, 1.807) is 29.2 Å². The smallest absolute Gasteiger partial charge is 0.344 e. The molecule has 132 valence electrons. The second-order valence-corrected chi connectivity index (χ2v) is 10.5. The lowest BCUT2D eigenvalue weighted by molar-refractivity contribution is -0.694. The minimum Gasteiger partial charge on any atom is -0.344 e. The van der Waals surface area contributed by atoms with Gasteiger partial charge in [-0.25, -0.2) is 9.25 Å². The predicted octanol–water partition coefficient (Wildman–Crippen LogP) is 1.11. The molecular weight excluding hydrogens is 366 g/mol. The van der Waals surface area contributed by atoms with Crippen molar-refractivity contribution in [3.63, 3.8) is 0 Å². The molecule has 0 aliphatic rings. The van der Waals surface area contributed by atoms with Crippen molar-refractivity contribution in [2.75, 3.05) is 6.66 Å². The fourth-order valence-electron chi connectivity index (χ4n) is 2.50. The zero-order valence-electron chi connectivity index (χ0n) is 13.2. The number of fused-ring (bicyclic) bond motifs is 1. The van der Waals surface area contributed by atoms with Crippen molar-refractivity contribution in [2.24, 2.45) is 0 Å². The quantitative estimate of drug-likeness (QED) is 0.445. The Morgan fingerprint density at radius 3 is 2.36 bits per heavy atom. The second-order valence-electron chi connectivity index (χ2n) is 5.76. The Bertz CT molecular complexity index is 970. The minimum absolute atomic E-state index is 0.271. The van der Waals surface area contributed by atoms with Crippen LogP contribution in [0.5, 0.6) is 0 Å². The Balaban J connectivity index is 1.90. The molecular formula is C14H17N4O5P2+. The molecule has 0 aliphatic heterocycles. The maximum atomic E-state index is 11.8. The number of rotatable bonds is 5. The van der Waals surface area contributed by atoms with E-state index < -0.39 is 20.4 Å². The SMILES string of the molecule is CP(=O)(O)C(C[n+]1ccc(-n2nnc3ccccc32)cc1)P(=O)(O)O. The standard InChI is InChI=1S/C14H16N4O5P2/c1-24(19,20)14(25(21,22)23)10-17-8-6-11(7-9-17)18-13-5-3-2-4-12(13)15-16-18/h2-9,14H,10H2,1H3,(H2-,19,20,21,22,23)/p+1. The third-order valence-corrected chi connectivity index (χ3v) is 8.18. The molecule has 2 unspecified atom stereocenters. The highest BCUT2D eigenvalue weighted by molar-refractivity contribution is 7.73. The first kappa shape index (κ1) is 17.9. The van der Waals surface area contributed by atoms with E-state index in [9.17, 15) is 23.8 Å². The molecule has 3 N–H and O–H groups in total. The van der Waals surface area contributed by atoms with E-state index in [-0.39, 0.29) is 6.54 Å². The van der Waals surface area contributed by atoms with Gasteiger partial charge in [0.15, 0.2) is 24.3 Å². The van der Waals surface area contributed by atoms with Crippen LogP contribution in [0, 0.1) is 0 Å². The van der Waals surface area contributed by atoms with E-state index in [4.69, 9.17) is 0 Å². The third kappa shape index (κ3) is 3.86. The molecule has 0 saturated carbocycles. The van der Waals surface area contributed by atoms with E-state index in [0.717, 1.165) is 17.7 Å². The molecule has 1 aromatic carbocycles. The van der Waals surface area contributed by atoms with Gasteiger partial charge in [0.1, 0.15) is 5.52 Å². The van der Waals surface area contributed by atoms with E-state index in [2.05, 4.69) is 10.3 Å². The van der Waals surface area contributed by atoms with Gasteiger partial charge in [-0.15, -0.1) is 5.10 Å². The van der Waals surface area contributed by atoms with Gasteiger partial charge in [0.2, 0.25) is 7.37 Å². The molecule has 2 aromatic heterocycles. The highest BCUT2D eigenvalue weighted by atomic mass is 31.2. The molecule has 2 atom stereocenters. The van der Waals surface area contributed by atoms with Crippen LogP contribution in [0.1, 0.15) is 0 Å². The van der Waals surface area contributed by atoms with Crippen molar-refractivity contribution in [2.45, 2.75) is 11.9 Å². The summed E-state index contributed by atoms with van der Waals surface area (Å²) in [7, 11) is -8.68. The van der Waals surface area contributed by atoms with E-state index in [0.29, 0.717) is 5.69 Å². The Hall–Kier alpha value is -1.89. The van der Waals surface area contributed by atoms with Crippen molar-refractivity contribution in [3.8, 4) is 5.69 Å². The highest BCUT2D eigenvalue weighted by Crippen LogP contribution is 2.60. The average molecular weight is 383 g/mol. The summed E-state index contributed by atoms with van der Waals surface area (Å²) in [6.07, 6.45) is 3.15. The van der Waals surface area contributed by atoms with Crippen molar-refractivity contribution < 1.29 is 28.4 Å². The molecule has 0 radical (unpaired) electrons. The molecule has 0 aliphatic carbocycles. The summed E-state index contributed by atoms with van der Waals surface area (Å²) in [5.74, 6) is 0. The van der Waals surface area contributed by atoms with E-state index >= 15 is 0 Å². The summed E-state index contributed by atoms with van der Waals surface area (Å²) in [6, 6.07) is 10.8. The van der Waals surface area contributed by atoms with Gasteiger partial charge in [-0.2, -0.15) is 0 Å². The van der Waals surface area contributed by atoms with Crippen LogP contribution in [-0.4, -0.2) is 41.7 Å². The average Bonchev–Trinajstić information content (AvgIpc) is 2.95. The molecule has 9 nitrogen and oxygen atoms in total. The van der Waals surface area contributed by atoms with Gasteiger partial charge in [0.05, 0.1) is 11.2 Å². The summed E-state index contributed by atoms with van der Waals surface area (Å²) in [5.41, 5.74) is 2.27. The highest BCUT2D eigenvalue weighted by Gasteiger charge is 2.43. The zero-order valence-corrected chi connectivity index (χ0v) is 15.0. The van der Waals surface area contributed by atoms with E-state index in [1.165, 1.54) is 4.57 Å². The summed E-state index contributed by atoms with van der Waals surface area (Å²) < 4.78 is 26.4. The Kier molecular flexibility index (Phi) is 4.62. The summed E-state index contributed by atoms with van der Waals surface area (Å²) in [5, 5.41) is 6.50. The van der Waals surface area contributed by atoms with Gasteiger partial charge >= 0.3 is 7.60 Å². The van der Waals surface area contributed by atoms with E-state index in [1.807, 2.05) is 24.3 Å². The van der Waals surface area contributed by atoms with Gasteiger partial charge in [-0.05, 0) is 12.1 Å². The lowest BCUT2D eigenvalue weighted by Crippen LogP contribution is -2.39. The van der Waals surface area contributed by atoms with Gasteiger partial charge < -0.3 is 14.7 Å². The van der Waals surface area contributed by atoms with Crippen LogP contribution < -0.4 is 4.57 Å². The maximum absolute atomic E-state index is 11.8. The Morgan fingerprint density at radius 2 is 1.76 bits per heavy atom. The van der Waals surface area contributed by atoms with Crippen LogP contribution in [0.15, 0.2) is 48.8 Å². The fraction of sp³-hybridized carbons (Fsp3) is 0.214. The number of nitrogens with zero attached hydrogens (tertiary/aromatic N) is 4. The second kappa shape index (κ2) is 6.44. The minimum atomic E-state index is -4.72. The number of para-hydroxylation sites is 1. The number of benzene rings is 1.